The maximum atomic E-state index is 13.8. The Morgan fingerprint density at radius 3 is 2.75 bits per heavy atom. The molecule has 5 nitrogen and oxygen atoms in total. The third kappa shape index (κ3) is 3.02. The van der Waals surface area contributed by atoms with E-state index in [1.807, 2.05) is 0 Å². The average Bonchev–Trinajstić information content (AvgIpc) is 2.36. The second-order valence-corrected chi connectivity index (χ2v) is 6.61. The molecule has 2 aromatic rings. The van der Waals surface area contributed by atoms with Crippen molar-refractivity contribution in [2.45, 2.75) is 4.90 Å². The molecule has 0 atom stereocenters. The smallest absolute Gasteiger partial charge is 0.264 e. The minimum Gasteiger partial charge on any atom is -0.398 e. The van der Waals surface area contributed by atoms with E-state index in [1.54, 1.807) is 0 Å². The van der Waals surface area contributed by atoms with Crippen molar-refractivity contribution in [2.75, 3.05) is 10.5 Å². The van der Waals surface area contributed by atoms with Gasteiger partial charge in [-0.05, 0) is 40.2 Å². The zero-order valence-corrected chi connectivity index (χ0v) is 12.9. The highest BCUT2D eigenvalue weighted by Crippen LogP contribution is 2.28. The Morgan fingerprint density at radius 1 is 1.40 bits per heavy atom. The van der Waals surface area contributed by atoms with Crippen LogP contribution in [0.3, 0.4) is 0 Å². The van der Waals surface area contributed by atoms with Gasteiger partial charge in [0.1, 0.15) is 10.7 Å². The van der Waals surface area contributed by atoms with Crippen molar-refractivity contribution in [1.82, 2.24) is 4.98 Å². The van der Waals surface area contributed by atoms with Crippen molar-refractivity contribution >= 4 is 48.9 Å². The summed E-state index contributed by atoms with van der Waals surface area (Å²) >= 11 is 8.76. The zero-order valence-electron chi connectivity index (χ0n) is 9.77. The van der Waals surface area contributed by atoms with Gasteiger partial charge < -0.3 is 5.73 Å². The molecule has 0 unspecified atom stereocenters. The molecule has 0 aliphatic heterocycles. The van der Waals surface area contributed by atoms with E-state index < -0.39 is 20.7 Å². The second kappa shape index (κ2) is 5.55. The van der Waals surface area contributed by atoms with E-state index in [4.69, 9.17) is 17.3 Å². The number of aromatic nitrogens is 1. The average molecular weight is 381 g/mol. The monoisotopic (exact) mass is 379 g/mol. The minimum absolute atomic E-state index is 0.0402. The molecule has 0 amide bonds. The van der Waals surface area contributed by atoms with E-state index in [0.717, 1.165) is 12.1 Å². The topological polar surface area (TPSA) is 85.1 Å². The number of sulfonamides is 1. The molecule has 3 N–H and O–H groups in total. The van der Waals surface area contributed by atoms with E-state index >= 15 is 0 Å². The minimum atomic E-state index is -4.16. The van der Waals surface area contributed by atoms with Crippen LogP contribution in [-0.4, -0.2) is 13.4 Å². The summed E-state index contributed by atoms with van der Waals surface area (Å²) in [5.74, 6) is -0.932. The van der Waals surface area contributed by atoms with Crippen LogP contribution in [0.5, 0.6) is 0 Å². The molecule has 9 heteroatoms. The molecule has 1 aromatic heterocycles. The standard InChI is InChI=1S/C11H8BrClFN3O2S/c12-6-4-7(14)10(5-8(6)15)20(18,19)17-9-2-1-3-16-11(9)13/h1-5,17H,15H2. The van der Waals surface area contributed by atoms with Crippen LogP contribution in [-0.2, 0) is 10.0 Å². The third-order valence-corrected chi connectivity index (χ3v) is 4.71. The SMILES string of the molecule is Nc1cc(S(=O)(=O)Nc2cccnc2Cl)c(F)cc1Br. The second-order valence-electron chi connectivity index (χ2n) is 3.75. The Bertz CT molecular complexity index is 770. The Balaban J connectivity index is 2.47. The predicted molar refractivity (Wildman–Crippen MR) is 78.6 cm³/mol. The molecular weight excluding hydrogens is 373 g/mol. The maximum Gasteiger partial charge on any atom is 0.264 e. The van der Waals surface area contributed by atoms with Gasteiger partial charge in [0.2, 0.25) is 0 Å². The lowest BCUT2D eigenvalue weighted by Crippen LogP contribution is -2.15. The van der Waals surface area contributed by atoms with Crippen molar-refractivity contribution in [3.8, 4) is 0 Å². The van der Waals surface area contributed by atoms with Crippen LogP contribution >= 0.6 is 27.5 Å². The molecule has 0 bridgehead atoms. The van der Waals surface area contributed by atoms with Gasteiger partial charge in [0, 0.05) is 16.4 Å². The number of anilines is 2. The van der Waals surface area contributed by atoms with Crippen LogP contribution < -0.4 is 10.5 Å². The summed E-state index contributed by atoms with van der Waals surface area (Å²) in [7, 11) is -4.16. The fourth-order valence-electron chi connectivity index (χ4n) is 1.41. The molecule has 106 valence electrons. The first kappa shape index (κ1) is 15.0. The number of nitrogens with one attached hydrogen (secondary N) is 1. The summed E-state index contributed by atoms with van der Waals surface area (Å²) in [6, 6.07) is 4.91. The Morgan fingerprint density at radius 2 is 2.10 bits per heavy atom. The Kier molecular flexibility index (Phi) is 4.17. The van der Waals surface area contributed by atoms with Crippen LogP contribution in [0.15, 0.2) is 39.8 Å². The molecule has 1 heterocycles. The molecule has 0 saturated carbocycles. The van der Waals surface area contributed by atoms with Crippen molar-refractivity contribution in [1.29, 1.82) is 0 Å². The van der Waals surface area contributed by atoms with Gasteiger partial charge in [-0.2, -0.15) is 0 Å². The summed E-state index contributed by atoms with van der Waals surface area (Å²) in [5, 5.41) is -0.0402. The molecule has 2 rings (SSSR count). The number of benzene rings is 1. The van der Waals surface area contributed by atoms with E-state index in [-0.39, 0.29) is 21.0 Å². The first-order valence-electron chi connectivity index (χ1n) is 5.19. The van der Waals surface area contributed by atoms with E-state index in [0.29, 0.717) is 0 Å². The number of halogens is 3. The molecule has 0 radical (unpaired) electrons. The largest absolute Gasteiger partial charge is 0.398 e. The van der Waals surface area contributed by atoms with Gasteiger partial charge in [-0.25, -0.2) is 17.8 Å². The van der Waals surface area contributed by atoms with E-state index in [2.05, 4.69) is 25.6 Å². The van der Waals surface area contributed by atoms with Crippen molar-refractivity contribution in [2.24, 2.45) is 0 Å². The third-order valence-electron chi connectivity index (χ3n) is 2.34. The number of pyridine rings is 1. The van der Waals surface area contributed by atoms with Gasteiger partial charge in [-0.1, -0.05) is 11.6 Å². The fourth-order valence-corrected chi connectivity index (χ4v) is 3.11. The highest BCUT2D eigenvalue weighted by Gasteiger charge is 2.21. The van der Waals surface area contributed by atoms with Crippen molar-refractivity contribution in [3.63, 3.8) is 0 Å². The lowest BCUT2D eigenvalue weighted by atomic mass is 10.3. The maximum absolute atomic E-state index is 13.8. The van der Waals surface area contributed by atoms with Crippen LogP contribution in [0.2, 0.25) is 5.15 Å². The molecule has 1 aromatic carbocycles. The van der Waals surface area contributed by atoms with Gasteiger partial charge >= 0.3 is 0 Å². The quantitative estimate of drug-likeness (QED) is 0.633. The molecule has 0 aliphatic carbocycles. The number of nitrogens with zero attached hydrogens (tertiary/aromatic N) is 1. The van der Waals surface area contributed by atoms with E-state index in [9.17, 15) is 12.8 Å². The van der Waals surface area contributed by atoms with Gasteiger partial charge in [0.05, 0.1) is 5.69 Å². The van der Waals surface area contributed by atoms with Crippen molar-refractivity contribution < 1.29 is 12.8 Å². The molecule has 0 saturated heterocycles. The highest BCUT2D eigenvalue weighted by molar-refractivity contribution is 9.10. The number of hydrogen-bond donors (Lipinski definition) is 2. The van der Waals surface area contributed by atoms with Gasteiger partial charge in [0.25, 0.3) is 10.0 Å². The summed E-state index contributed by atoms with van der Waals surface area (Å²) in [6.07, 6.45) is 1.40. The van der Waals surface area contributed by atoms with Crippen LogP contribution in [0.4, 0.5) is 15.8 Å². The fraction of sp³-hybridized carbons (Fsp3) is 0. The number of nitrogens with two attached hydrogens (primary N) is 1. The molecule has 20 heavy (non-hydrogen) atoms. The molecule has 0 fully saturated rings. The molecule has 0 spiro atoms. The van der Waals surface area contributed by atoms with Crippen LogP contribution in [0.1, 0.15) is 0 Å². The molecular formula is C11H8BrClFN3O2S. The number of hydrogen-bond acceptors (Lipinski definition) is 4. The zero-order chi connectivity index (χ0) is 14.9. The first-order valence-corrected chi connectivity index (χ1v) is 7.84. The van der Waals surface area contributed by atoms with Crippen LogP contribution in [0.25, 0.3) is 0 Å². The number of nitrogen functional groups attached to an aromatic ring is 1. The van der Waals surface area contributed by atoms with Crippen LogP contribution in [0, 0.1) is 5.82 Å². The Hall–Kier alpha value is -1.38. The lowest BCUT2D eigenvalue weighted by Gasteiger charge is -2.10. The number of rotatable bonds is 3. The summed E-state index contributed by atoms with van der Waals surface area (Å²) < 4.78 is 40.5. The summed E-state index contributed by atoms with van der Waals surface area (Å²) in [5.41, 5.74) is 5.72. The van der Waals surface area contributed by atoms with Gasteiger partial charge in [0.15, 0.2) is 5.15 Å². The predicted octanol–water partition coefficient (Wildman–Crippen LogP) is 3.02. The Labute approximate surface area is 128 Å². The summed E-state index contributed by atoms with van der Waals surface area (Å²) in [4.78, 5) is 3.15. The first-order chi connectivity index (χ1) is 9.31. The van der Waals surface area contributed by atoms with Crippen molar-refractivity contribution in [3.05, 3.63) is 45.9 Å². The normalized spacial score (nSPS) is 11.3. The molecule has 0 aliphatic rings. The highest BCUT2D eigenvalue weighted by atomic mass is 79.9. The van der Waals surface area contributed by atoms with Gasteiger partial charge in [-0.15, -0.1) is 0 Å². The van der Waals surface area contributed by atoms with Gasteiger partial charge in [-0.3, -0.25) is 4.72 Å². The van der Waals surface area contributed by atoms with E-state index in [1.165, 1.54) is 18.3 Å². The lowest BCUT2D eigenvalue weighted by molar-refractivity contribution is 0.570. The summed E-state index contributed by atoms with van der Waals surface area (Å²) in [6.45, 7) is 0.